The van der Waals surface area contributed by atoms with Crippen LogP contribution in [0.3, 0.4) is 0 Å². The van der Waals surface area contributed by atoms with Crippen LogP contribution < -0.4 is 0 Å². The van der Waals surface area contributed by atoms with Crippen LogP contribution in [0.1, 0.15) is 38.2 Å². The molecule has 0 N–H and O–H groups in total. The molecule has 1 saturated carbocycles. The number of ketones is 1. The maximum absolute atomic E-state index is 12.9. The molecule has 92 valence electrons. The van der Waals surface area contributed by atoms with Crippen molar-refractivity contribution < 1.29 is 13.9 Å². The monoisotopic (exact) mass is 236 g/mol. The normalized spacial score (nSPS) is 19.3. The molecular weight excluding hydrogens is 219 g/mol. The lowest BCUT2D eigenvalue weighted by molar-refractivity contribution is -0.130. The van der Waals surface area contributed by atoms with Gasteiger partial charge in [-0.25, -0.2) is 4.39 Å². The van der Waals surface area contributed by atoms with Gasteiger partial charge in [0.1, 0.15) is 11.6 Å². The zero-order valence-corrected chi connectivity index (χ0v) is 10.0. The van der Waals surface area contributed by atoms with Crippen LogP contribution in [0, 0.1) is 5.82 Å². The van der Waals surface area contributed by atoms with Crippen molar-refractivity contribution in [3.63, 3.8) is 0 Å². The van der Waals surface area contributed by atoms with E-state index in [1.807, 2.05) is 6.92 Å². The number of halogens is 1. The zero-order valence-electron chi connectivity index (χ0n) is 10.0. The van der Waals surface area contributed by atoms with Crippen molar-refractivity contribution in [1.29, 1.82) is 0 Å². The summed E-state index contributed by atoms with van der Waals surface area (Å²) in [5, 5.41) is 0. The van der Waals surface area contributed by atoms with Crippen LogP contribution in [0.25, 0.3) is 0 Å². The molecule has 2 rings (SSSR count). The molecule has 0 spiro atoms. The summed E-state index contributed by atoms with van der Waals surface area (Å²) in [7, 11) is 0. The molecule has 1 aromatic carbocycles. The number of rotatable bonds is 3. The predicted molar refractivity (Wildman–Crippen MR) is 63.2 cm³/mol. The minimum Gasteiger partial charge on any atom is -0.371 e. The first-order valence-electron chi connectivity index (χ1n) is 6.08. The summed E-state index contributed by atoms with van der Waals surface area (Å²) in [5.41, 5.74) is 0.587. The molecule has 0 unspecified atom stereocenters. The second-order valence-corrected chi connectivity index (χ2v) is 4.47. The fraction of sp³-hybridized carbons (Fsp3) is 0.500. The van der Waals surface area contributed by atoms with Gasteiger partial charge in [0.25, 0.3) is 0 Å². The minimum atomic E-state index is -0.392. The van der Waals surface area contributed by atoms with E-state index in [0.29, 0.717) is 38.1 Å². The van der Waals surface area contributed by atoms with Gasteiger partial charge in [0.2, 0.25) is 0 Å². The Morgan fingerprint density at radius 1 is 1.24 bits per heavy atom. The van der Waals surface area contributed by atoms with Gasteiger partial charge in [-0.15, -0.1) is 0 Å². The lowest BCUT2D eigenvalue weighted by atomic mass is 9.79. The standard InChI is InChI=1S/C14H17FO2/c1-2-17-14(9-7-13(16)8-10-14)11-3-5-12(15)6-4-11/h3-6H,2,7-10H2,1H3. The van der Waals surface area contributed by atoms with Crippen molar-refractivity contribution in [2.24, 2.45) is 0 Å². The summed E-state index contributed by atoms with van der Waals surface area (Å²) in [5.74, 6) is 0.0507. The van der Waals surface area contributed by atoms with E-state index < -0.39 is 5.60 Å². The van der Waals surface area contributed by atoms with E-state index in [-0.39, 0.29) is 5.82 Å². The summed E-state index contributed by atoms with van der Waals surface area (Å²) in [4.78, 5) is 11.3. The summed E-state index contributed by atoms with van der Waals surface area (Å²) in [6.45, 7) is 2.55. The second kappa shape index (κ2) is 4.96. The van der Waals surface area contributed by atoms with Gasteiger partial charge in [-0.05, 0) is 37.5 Å². The quantitative estimate of drug-likeness (QED) is 0.805. The van der Waals surface area contributed by atoms with Crippen LogP contribution in [0.4, 0.5) is 4.39 Å². The molecule has 0 radical (unpaired) electrons. The van der Waals surface area contributed by atoms with Crippen LogP contribution in [-0.2, 0) is 15.1 Å². The molecule has 1 fully saturated rings. The van der Waals surface area contributed by atoms with Gasteiger partial charge in [0.15, 0.2) is 0 Å². The average Bonchev–Trinajstić information content (AvgIpc) is 2.34. The van der Waals surface area contributed by atoms with E-state index in [1.54, 1.807) is 12.1 Å². The zero-order chi connectivity index (χ0) is 12.3. The van der Waals surface area contributed by atoms with Gasteiger partial charge in [-0.2, -0.15) is 0 Å². The van der Waals surface area contributed by atoms with Crippen LogP contribution in [0.2, 0.25) is 0 Å². The highest BCUT2D eigenvalue weighted by atomic mass is 19.1. The maximum atomic E-state index is 12.9. The number of carbonyl (C=O) groups excluding carboxylic acids is 1. The minimum absolute atomic E-state index is 0.243. The highest BCUT2D eigenvalue weighted by molar-refractivity contribution is 5.79. The largest absolute Gasteiger partial charge is 0.371 e. The Kier molecular flexibility index (Phi) is 3.57. The van der Waals surface area contributed by atoms with Gasteiger partial charge in [-0.1, -0.05) is 12.1 Å². The lowest BCUT2D eigenvalue weighted by Crippen LogP contribution is -2.34. The van der Waals surface area contributed by atoms with Gasteiger partial charge < -0.3 is 4.74 Å². The van der Waals surface area contributed by atoms with Gasteiger partial charge in [-0.3, -0.25) is 4.79 Å². The molecule has 2 nitrogen and oxygen atoms in total. The summed E-state index contributed by atoms with van der Waals surface area (Å²) < 4.78 is 18.8. The summed E-state index contributed by atoms with van der Waals surface area (Å²) >= 11 is 0. The summed E-state index contributed by atoms with van der Waals surface area (Å²) in [6.07, 6.45) is 2.51. The van der Waals surface area contributed by atoms with E-state index in [2.05, 4.69) is 0 Å². The van der Waals surface area contributed by atoms with Crippen molar-refractivity contribution in [2.75, 3.05) is 6.61 Å². The predicted octanol–water partition coefficient (Wildman–Crippen LogP) is 3.20. The average molecular weight is 236 g/mol. The molecule has 0 bridgehead atoms. The molecule has 1 aromatic rings. The van der Waals surface area contributed by atoms with Crippen molar-refractivity contribution in [3.05, 3.63) is 35.6 Å². The Balaban J connectivity index is 2.27. The van der Waals surface area contributed by atoms with E-state index in [9.17, 15) is 9.18 Å². The third-order valence-corrected chi connectivity index (χ3v) is 3.41. The van der Waals surface area contributed by atoms with E-state index in [4.69, 9.17) is 4.74 Å². The Labute approximate surface area is 101 Å². The molecule has 0 aliphatic heterocycles. The molecule has 3 heteroatoms. The summed E-state index contributed by atoms with van der Waals surface area (Å²) in [6, 6.07) is 6.43. The molecule has 1 aliphatic rings. The molecule has 0 heterocycles. The number of hydrogen-bond acceptors (Lipinski definition) is 2. The molecule has 0 saturated heterocycles. The topological polar surface area (TPSA) is 26.3 Å². The number of Topliss-reactive ketones (excluding diaryl/α,β-unsaturated/α-hetero) is 1. The second-order valence-electron chi connectivity index (χ2n) is 4.47. The van der Waals surface area contributed by atoms with Crippen molar-refractivity contribution in [1.82, 2.24) is 0 Å². The Bertz CT molecular complexity index is 387. The third kappa shape index (κ3) is 2.55. The Morgan fingerprint density at radius 2 is 1.82 bits per heavy atom. The highest BCUT2D eigenvalue weighted by Crippen LogP contribution is 2.39. The van der Waals surface area contributed by atoms with Crippen LogP contribution in [0.5, 0.6) is 0 Å². The molecular formula is C14H17FO2. The fourth-order valence-electron chi connectivity index (χ4n) is 2.48. The number of benzene rings is 1. The van der Waals surface area contributed by atoms with Gasteiger partial charge in [0.05, 0.1) is 5.60 Å². The number of hydrogen-bond donors (Lipinski definition) is 0. The first-order valence-corrected chi connectivity index (χ1v) is 6.08. The van der Waals surface area contributed by atoms with Crippen molar-refractivity contribution in [3.8, 4) is 0 Å². The highest BCUT2D eigenvalue weighted by Gasteiger charge is 2.36. The first-order chi connectivity index (χ1) is 8.16. The van der Waals surface area contributed by atoms with Gasteiger partial charge in [0, 0.05) is 19.4 Å². The molecule has 0 atom stereocenters. The van der Waals surface area contributed by atoms with Crippen LogP contribution >= 0.6 is 0 Å². The molecule has 0 aromatic heterocycles. The first kappa shape index (κ1) is 12.2. The van der Waals surface area contributed by atoms with Crippen LogP contribution in [-0.4, -0.2) is 12.4 Å². The Morgan fingerprint density at radius 3 is 2.35 bits per heavy atom. The third-order valence-electron chi connectivity index (χ3n) is 3.41. The number of carbonyl (C=O) groups is 1. The molecule has 17 heavy (non-hydrogen) atoms. The van der Waals surface area contributed by atoms with E-state index in [1.165, 1.54) is 12.1 Å². The number of ether oxygens (including phenoxy) is 1. The maximum Gasteiger partial charge on any atom is 0.133 e. The van der Waals surface area contributed by atoms with E-state index in [0.717, 1.165) is 5.56 Å². The van der Waals surface area contributed by atoms with Crippen LogP contribution in [0.15, 0.2) is 24.3 Å². The van der Waals surface area contributed by atoms with Crippen molar-refractivity contribution >= 4 is 5.78 Å². The smallest absolute Gasteiger partial charge is 0.133 e. The molecule has 1 aliphatic carbocycles. The lowest BCUT2D eigenvalue weighted by Gasteiger charge is -2.37. The van der Waals surface area contributed by atoms with Crippen molar-refractivity contribution in [2.45, 2.75) is 38.2 Å². The van der Waals surface area contributed by atoms with E-state index >= 15 is 0 Å². The molecule has 0 amide bonds. The fourth-order valence-corrected chi connectivity index (χ4v) is 2.48. The van der Waals surface area contributed by atoms with Gasteiger partial charge >= 0.3 is 0 Å². The Hall–Kier alpha value is -1.22. The SMILES string of the molecule is CCOC1(c2ccc(F)cc2)CCC(=O)CC1.